The molecule has 2 amide bonds. The van der Waals surface area contributed by atoms with Crippen molar-refractivity contribution in [3.63, 3.8) is 0 Å². The van der Waals surface area contributed by atoms with E-state index >= 15 is 8.78 Å². The van der Waals surface area contributed by atoms with Crippen LogP contribution in [0.15, 0.2) is 40.2 Å². The molecule has 6 rings (SSSR count). The first-order chi connectivity index (χ1) is 21.0. The minimum absolute atomic E-state index is 0.0393. The standard InChI is InChI=1S/C30H30F2N4O7S/c1-15-14-42-28-25-20(27(38)21(29(39)40)13-35(15)25)10-23(32)26(28)34-7-5-19(6-8-34)44-24-4-3-17(9-22(24)31)36-12-18(43-30(36)41)11-33-16(2)37/h3-4,9-10,13,15,18-19H,5-8,11-12,14H2,1-2H3,(H,33,37)(H,39,40)/t15?,18-/m0/s1. The fourth-order valence-corrected chi connectivity index (χ4v) is 7.01. The maximum absolute atomic E-state index is 15.6. The summed E-state index contributed by atoms with van der Waals surface area (Å²) in [6.45, 7) is 4.67. The molecule has 3 aromatic rings. The van der Waals surface area contributed by atoms with Gasteiger partial charge in [0.2, 0.25) is 11.3 Å². The number of cyclic esters (lactones) is 1. The van der Waals surface area contributed by atoms with E-state index in [0.717, 1.165) is 6.07 Å². The predicted molar refractivity (Wildman–Crippen MR) is 159 cm³/mol. The molecule has 232 valence electrons. The molecule has 0 spiro atoms. The van der Waals surface area contributed by atoms with Gasteiger partial charge >= 0.3 is 12.1 Å². The fraction of sp³-hybridized carbons (Fsp3) is 0.400. The zero-order valence-electron chi connectivity index (χ0n) is 24.0. The van der Waals surface area contributed by atoms with Crippen molar-refractivity contribution in [2.75, 3.05) is 42.6 Å². The number of aromatic carboxylic acids is 1. The van der Waals surface area contributed by atoms with Crippen LogP contribution in [-0.4, -0.2) is 71.8 Å². The van der Waals surface area contributed by atoms with Crippen LogP contribution in [0, 0.1) is 11.6 Å². The summed E-state index contributed by atoms with van der Waals surface area (Å²) in [4.78, 5) is 51.6. The molecule has 0 aliphatic carbocycles. The van der Waals surface area contributed by atoms with Gasteiger partial charge in [0, 0.05) is 36.4 Å². The zero-order valence-corrected chi connectivity index (χ0v) is 24.8. The first kappa shape index (κ1) is 29.7. The number of carbonyl (C=O) groups is 3. The van der Waals surface area contributed by atoms with Gasteiger partial charge < -0.3 is 29.4 Å². The Morgan fingerprint density at radius 3 is 2.57 bits per heavy atom. The van der Waals surface area contributed by atoms with Crippen molar-refractivity contribution in [3.05, 3.63) is 57.9 Å². The van der Waals surface area contributed by atoms with Gasteiger partial charge in [0.1, 0.15) is 29.8 Å². The number of hydrogen-bond acceptors (Lipinski definition) is 8. The molecule has 3 aliphatic rings. The summed E-state index contributed by atoms with van der Waals surface area (Å²) in [6, 6.07) is 5.42. The Hall–Kier alpha value is -4.33. The van der Waals surface area contributed by atoms with Crippen LogP contribution in [0.1, 0.15) is 43.1 Å². The van der Waals surface area contributed by atoms with Crippen LogP contribution in [0.25, 0.3) is 10.9 Å². The minimum atomic E-state index is -1.37. The van der Waals surface area contributed by atoms with Gasteiger partial charge in [0.05, 0.1) is 35.7 Å². The van der Waals surface area contributed by atoms with E-state index in [9.17, 15) is 24.3 Å². The summed E-state index contributed by atoms with van der Waals surface area (Å²) in [5.41, 5.74) is -0.219. The second-order valence-electron chi connectivity index (χ2n) is 11.1. The van der Waals surface area contributed by atoms with Gasteiger partial charge in [-0.3, -0.25) is 14.5 Å². The van der Waals surface area contributed by atoms with Crippen LogP contribution in [0.4, 0.5) is 25.0 Å². The van der Waals surface area contributed by atoms with Crippen molar-refractivity contribution >= 4 is 52.0 Å². The topological polar surface area (TPSA) is 130 Å². The van der Waals surface area contributed by atoms with E-state index in [1.165, 1.54) is 35.8 Å². The van der Waals surface area contributed by atoms with Crippen molar-refractivity contribution in [1.29, 1.82) is 0 Å². The molecule has 2 atom stereocenters. The number of carbonyl (C=O) groups excluding carboxylic acids is 2. The number of pyridine rings is 1. The van der Waals surface area contributed by atoms with E-state index < -0.39 is 40.8 Å². The first-order valence-electron chi connectivity index (χ1n) is 14.2. The molecule has 0 radical (unpaired) electrons. The average molecular weight is 629 g/mol. The molecular formula is C30H30F2N4O7S. The number of carboxylic acids is 1. The van der Waals surface area contributed by atoms with Crippen molar-refractivity contribution < 1.29 is 37.7 Å². The van der Waals surface area contributed by atoms with E-state index in [1.54, 1.807) is 16.7 Å². The molecule has 2 aromatic carbocycles. The molecular weight excluding hydrogens is 598 g/mol. The molecule has 1 unspecified atom stereocenters. The van der Waals surface area contributed by atoms with E-state index in [1.807, 2.05) is 11.8 Å². The Morgan fingerprint density at radius 2 is 1.89 bits per heavy atom. The molecule has 0 saturated carbocycles. The number of carboxylic acid groups (broad SMARTS) is 1. The number of aromatic nitrogens is 1. The molecule has 2 saturated heterocycles. The number of halogens is 2. The van der Waals surface area contributed by atoms with Gasteiger partial charge in [-0.25, -0.2) is 18.4 Å². The van der Waals surface area contributed by atoms with Gasteiger partial charge in [0.15, 0.2) is 11.6 Å². The van der Waals surface area contributed by atoms with Crippen LogP contribution in [0.5, 0.6) is 5.75 Å². The van der Waals surface area contributed by atoms with Gasteiger partial charge in [-0.15, -0.1) is 11.8 Å². The third-order valence-corrected chi connectivity index (χ3v) is 9.49. The molecule has 4 heterocycles. The maximum Gasteiger partial charge on any atom is 0.414 e. The number of rotatable bonds is 7. The first-order valence-corrected chi connectivity index (χ1v) is 15.1. The number of piperidine rings is 1. The van der Waals surface area contributed by atoms with E-state index in [0.29, 0.717) is 42.0 Å². The van der Waals surface area contributed by atoms with Crippen LogP contribution in [-0.2, 0) is 9.53 Å². The van der Waals surface area contributed by atoms with Crippen molar-refractivity contribution in [3.8, 4) is 5.75 Å². The number of hydrogen-bond donors (Lipinski definition) is 2. The van der Waals surface area contributed by atoms with E-state index in [2.05, 4.69) is 5.32 Å². The lowest BCUT2D eigenvalue weighted by Gasteiger charge is -2.36. The third kappa shape index (κ3) is 5.42. The molecule has 2 N–H and O–H groups in total. The molecule has 1 aromatic heterocycles. The smallest absolute Gasteiger partial charge is 0.414 e. The Balaban J connectivity index is 1.16. The number of nitrogens with zero attached hydrogens (tertiary/aromatic N) is 3. The number of nitrogens with one attached hydrogen (secondary N) is 1. The van der Waals surface area contributed by atoms with E-state index in [4.69, 9.17) is 9.47 Å². The van der Waals surface area contributed by atoms with Crippen molar-refractivity contribution in [2.45, 2.75) is 49.0 Å². The lowest BCUT2D eigenvalue weighted by atomic mass is 10.0. The quantitative estimate of drug-likeness (QED) is 0.396. The highest BCUT2D eigenvalue weighted by Gasteiger charge is 2.34. The molecule has 0 bridgehead atoms. The minimum Gasteiger partial charge on any atom is -0.487 e. The van der Waals surface area contributed by atoms with Crippen LogP contribution >= 0.6 is 11.8 Å². The number of ether oxygens (including phenoxy) is 2. The SMILES string of the molecule is CC(=O)NC[C@H]1CN(c2ccc(SC3CCN(c4c(F)cc5c(=O)c(C(=O)O)cn6c5c4OCC6C)CC3)c(F)c2)C(=O)O1. The Kier molecular flexibility index (Phi) is 7.86. The number of thioether (sulfide) groups is 1. The van der Waals surface area contributed by atoms with Crippen LogP contribution in [0.2, 0.25) is 0 Å². The monoisotopic (exact) mass is 628 g/mol. The summed E-state index contributed by atoms with van der Waals surface area (Å²) < 4.78 is 43.6. The molecule has 3 aliphatic heterocycles. The Labute approximate surface area is 254 Å². The fourth-order valence-electron chi connectivity index (χ4n) is 5.88. The Morgan fingerprint density at radius 1 is 1.14 bits per heavy atom. The van der Waals surface area contributed by atoms with Gasteiger partial charge in [-0.2, -0.15) is 0 Å². The summed E-state index contributed by atoms with van der Waals surface area (Å²) in [5, 5.41) is 12.1. The van der Waals surface area contributed by atoms with Gasteiger partial charge in [-0.1, -0.05) is 0 Å². The normalized spacial score (nSPS) is 20.0. The second-order valence-corrected chi connectivity index (χ2v) is 12.5. The van der Waals surface area contributed by atoms with Crippen LogP contribution in [0.3, 0.4) is 0 Å². The van der Waals surface area contributed by atoms with Crippen molar-refractivity contribution in [1.82, 2.24) is 9.88 Å². The third-order valence-electron chi connectivity index (χ3n) is 8.10. The molecule has 44 heavy (non-hydrogen) atoms. The lowest BCUT2D eigenvalue weighted by molar-refractivity contribution is -0.119. The average Bonchev–Trinajstić information content (AvgIpc) is 3.36. The van der Waals surface area contributed by atoms with E-state index in [-0.39, 0.29) is 53.7 Å². The van der Waals surface area contributed by atoms with Crippen LogP contribution < -0.4 is 25.3 Å². The number of benzene rings is 2. The zero-order chi connectivity index (χ0) is 31.3. The molecule has 14 heteroatoms. The Bertz CT molecular complexity index is 1740. The highest BCUT2D eigenvalue weighted by molar-refractivity contribution is 8.00. The largest absolute Gasteiger partial charge is 0.487 e. The summed E-state index contributed by atoms with van der Waals surface area (Å²) in [6.07, 6.45) is 1.40. The summed E-state index contributed by atoms with van der Waals surface area (Å²) in [7, 11) is 0. The van der Waals surface area contributed by atoms with Gasteiger partial charge in [-0.05, 0) is 44.0 Å². The second kappa shape index (κ2) is 11.6. The number of anilines is 2. The number of amides is 2. The predicted octanol–water partition coefficient (Wildman–Crippen LogP) is 4.15. The highest BCUT2D eigenvalue weighted by atomic mass is 32.2. The molecule has 11 nitrogen and oxygen atoms in total. The summed E-state index contributed by atoms with van der Waals surface area (Å²) >= 11 is 1.38. The van der Waals surface area contributed by atoms with Crippen molar-refractivity contribution in [2.24, 2.45) is 0 Å². The maximum atomic E-state index is 15.6. The van der Waals surface area contributed by atoms with Gasteiger partial charge in [0.25, 0.3) is 0 Å². The highest BCUT2D eigenvalue weighted by Crippen LogP contribution is 2.44. The lowest BCUT2D eigenvalue weighted by Crippen LogP contribution is -2.36. The summed E-state index contributed by atoms with van der Waals surface area (Å²) in [5.74, 6) is -2.53. The molecule has 2 fully saturated rings.